The summed E-state index contributed by atoms with van der Waals surface area (Å²) in [5.41, 5.74) is 0. The van der Waals surface area contributed by atoms with Gasteiger partial charge in [0.05, 0.1) is 6.54 Å². The van der Waals surface area contributed by atoms with Crippen molar-refractivity contribution in [2.75, 3.05) is 19.7 Å². The lowest BCUT2D eigenvalue weighted by atomic mass is 10.1. The fraction of sp³-hybridized carbons (Fsp3) is 0.889. The van der Waals surface area contributed by atoms with Crippen LogP contribution in [0.25, 0.3) is 0 Å². The van der Waals surface area contributed by atoms with Crippen molar-refractivity contribution < 1.29 is 22.7 Å². The van der Waals surface area contributed by atoms with Crippen molar-refractivity contribution in [3.05, 3.63) is 0 Å². The second kappa shape index (κ2) is 4.21. The van der Waals surface area contributed by atoms with Gasteiger partial charge in [0.2, 0.25) is 5.91 Å². The molecule has 1 N–H and O–H groups in total. The minimum absolute atomic E-state index is 0.241. The van der Waals surface area contributed by atoms with E-state index in [0.29, 0.717) is 13.0 Å². The fourth-order valence-electron chi connectivity index (χ4n) is 2.09. The first-order chi connectivity index (χ1) is 7.48. The molecule has 0 aliphatic carbocycles. The summed E-state index contributed by atoms with van der Waals surface area (Å²) in [6.45, 7) is -0.162. The molecule has 2 unspecified atom stereocenters. The number of halogens is 3. The molecule has 0 aromatic rings. The van der Waals surface area contributed by atoms with Crippen LogP contribution >= 0.6 is 0 Å². The first-order valence-corrected chi connectivity index (χ1v) is 5.19. The Hall–Kier alpha value is -0.820. The van der Waals surface area contributed by atoms with Crippen LogP contribution in [-0.2, 0) is 9.53 Å². The summed E-state index contributed by atoms with van der Waals surface area (Å²) in [5, 5.41) is 2.24. The summed E-state index contributed by atoms with van der Waals surface area (Å²) in [7, 11) is 0. The van der Waals surface area contributed by atoms with Crippen molar-refractivity contribution in [1.82, 2.24) is 10.2 Å². The number of hydrogen-bond acceptors (Lipinski definition) is 3. The maximum Gasteiger partial charge on any atom is 0.405 e. The van der Waals surface area contributed by atoms with E-state index < -0.39 is 18.4 Å². The van der Waals surface area contributed by atoms with Gasteiger partial charge in [-0.15, -0.1) is 0 Å². The Morgan fingerprint density at radius 2 is 2.19 bits per heavy atom. The van der Waals surface area contributed by atoms with Crippen molar-refractivity contribution in [1.29, 1.82) is 0 Å². The van der Waals surface area contributed by atoms with Gasteiger partial charge in [0.25, 0.3) is 0 Å². The van der Waals surface area contributed by atoms with E-state index in [4.69, 9.17) is 4.74 Å². The molecule has 2 rings (SSSR count). The summed E-state index contributed by atoms with van der Waals surface area (Å²) in [5.74, 6) is -0.379. The highest BCUT2D eigenvalue weighted by atomic mass is 19.4. The van der Waals surface area contributed by atoms with Crippen LogP contribution in [0, 0.1) is 0 Å². The summed E-state index contributed by atoms with van der Waals surface area (Å²) in [4.78, 5) is 12.2. The molecule has 16 heavy (non-hydrogen) atoms. The van der Waals surface area contributed by atoms with E-state index in [-0.39, 0.29) is 19.0 Å². The first-order valence-electron chi connectivity index (χ1n) is 5.19. The molecule has 2 saturated heterocycles. The smallest absolute Gasteiger partial charge is 0.363 e. The summed E-state index contributed by atoms with van der Waals surface area (Å²) >= 11 is 0. The van der Waals surface area contributed by atoms with Crippen LogP contribution in [0.5, 0.6) is 0 Å². The zero-order chi connectivity index (χ0) is 11.8. The van der Waals surface area contributed by atoms with Gasteiger partial charge in [0.15, 0.2) is 0 Å². The van der Waals surface area contributed by atoms with Crippen LogP contribution in [0.4, 0.5) is 13.2 Å². The number of nitrogens with zero attached hydrogens (tertiary/aromatic N) is 1. The van der Waals surface area contributed by atoms with Crippen molar-refractivity contribution in [2.24, 2.45) is 0 Å². The minimum atomic E-state index is -4.33. The zero-order valence-corrected chi connectivity index (χ0v) is 8.59. The van der Waals surface area contributed by atoms with E-state index in [9.17, 15) is 18.0 Å². The Balaban J connectivity index is 2.11. The third-order valence-electron chi connectivity index (χ3n) is 2.87. The molecule has 92 valence electrons. The van der Waals surface area contributed by atoms with Gasteiger partial charge in [0.1, 0.15) is 12.3 Å². The normalized spacial score (nSPS) is 32.8. The molecule has 0 bridgehead atoms. The standard InChI is InChI=1S/C9H13F3N2O2/c10-9(11,12)6-4-13-7(15)5-14(6)8-2-1-3-16-8/h6,8H,1-5H2,(H,13,15). The number of piperazine rings is 1. The molecule has 2 aliphatic heterocycles. The lowest BCUT2D eigenvalue weighted by Crippen LogP contribution is -2.62. The average molecular weight is 238 g/mol. The number of ether oxygens (including phenoxy) is 1. The van der Waals surface area contributed by atoms with Crippen LogP contribution in [0.15, 0.2) is 0 Å². The van der Waals surface area contributed by atoms with Crippen LogP contribution in [0.3, 0.4) is 0 Å². The SMILES string of the molecule is O=C1CN(C2CCCO2)C(C(F)(F)F)CN1. The molecule has 2 fully saturated rings. The van der Waals surface area contributed by atoms with Crippen molar-refractivity contribution >= 4 is 5.91 Å². The predicted molar refractivity (Wildman–Crippen MR) is 48.5 cm³/mol. The zero-order valence-electron chi connectivity index (χ0n) is 8.59. The lowest BCUT2D eigenvalue weighted by Gasteiger charge is -2.39. The number of hydrogen-bond donors (Lipinski definition) is 1. The molecule has 0 aromatic heterocycles. The molecule has 2 atom stereocenters. The highest BCUT2D eigenvalue weighted by Crippen LogP contribution is 2.30. The van der Waals surface area contributed by atoms with Gasteiger partial charge in [-0.05, 0) is 12.8 Å². The van der Waals surface area contributed by atoms with E-state index in [2.05, 4.69) is 5.32 Å². The maximum atomic E-state index is 12.7. The van der Waals surface area contributed by atoms with Gasteiger partial charge in [-0.25, -0.2) is 0 Å². The lowest BCUT2D eigenvalue weighted by molar-refractivity contribution is -0.211. The van der Waals surface area contributed by atoms with Crippen molar-refractivity contribution in [3.8, 4) is 0 Å². The number of carbonyl (C=O) groups is 1. The van der Waals surface area contributed by atoms with Gasteiger partial charge in [-0.1, -0.05) is 0 Å². The summed E-state index contributed by atoms with van der Waals surface area (Å²) in [6.07, 6.45) is -3.61. The third kappa shape index (κ3) is 2.30. The fourth-order valence-corrected chi connectivity index (χ4v) is 2.09. The van der Waals surface area contributed by atoms with Gasteiger partial charge in [0, 0.05) is 13.2 Å². The van der Waals surface area contributed by atoms with Gasteiger partial charge < -0.3 is 10.1 Å². The average Bonchev–Trinajstić information content (AvgIpc) is 2.68. The quantitative estimate of drug-likeness (QED) is 0.722. The summed E-state index contributed by atoms with van der Waals surface area (Å²) < 4.78 is 43.4. The molecule has 2 heterocycles. The molecule has 7 heteroatoms. The van der Waals surface area contributed by atoms with Gasteiger partial charge in [-0.2, -0.15) is 13.2 Å². The Morgan fingerprint density at radius 1 is 1.44 bits per heavy atom. The Kier molecular flexibility index (Phi) is 3.07. The molecular weight excluding hydrogens is 225 g/mol. The monoisotopic (exact) mass is 238 g/mol. The number of nitrogens with one attached hydrogen (secondary N) is 1. The van der Waals surface area contributed by atoms with Crippen LogP contribution in [-0.4, -0.2) is 48.9 Å². The van der Waals surface area contributed by atoms with Crippen molar-refractivity contribution in [2.45, 2.75) is 31.3 Å². The number of carbonyl (C=O) groups excluding carboxylic acids is 1. The van der Waals surface area contributed by atoms with Crippen molar-refractivity contribution in [3.63, 3.8) is 0 Å². The minimum Gasteiger partial charge on any atom is -0.363 e. The Labute approximate surface area is 90.7 Å². The largest absolute Gasteiger partial charge is 0.405 e. The molecule has 0 saturated carbocycles. The second-order valence-electron chi connectivity index (χ2n) is 4.00. The number of amides is 1. The van der Waals surface area contributed by atoms with Gasteiger partial charge in [-0.3, -0.25) is 9.69 Å². The van der Waals surface area contributed by atoms with E-state index in [1.807, 2.05) is 0 Å². The maximum absolute atomic E-state index is 12.7. The number of alkyl halides is 3. The topological polar surface area (TPSA) is 41.6 Å². The molecule has 4 nitrogen and oxygen atoms in total. The van der Waals surface area contributed by atoms with E-state index in [1.165, 1.54) is 0 Å². The van der Waals surface area contributed by atoms with Gasteiger partial charge >= 0.3 is 6.18 Å². The van der Waals surface area contributed by atoms with Crippen LogP contribution in [0.2, 0.25) is 0 Å². The molecule has 1 amide bonds. The highest BCUT2D eigenvalue weighted by molar-refractivity contribution is 5.79. The van der Waals surface area contributed by atoms with E-state index >= 15 is 0 Å². The molecule has 0 aromatic carbocycles. The predicted octanol–water partition coefficient (Wildman–Crippen LogP) is 0.486. The second-order valence-corrected chi connectivity index (χ2v) is 4.00. The molecule has 0 radical (unpaired) electrons. The first kappa shape index (κ1) is 11.7. The van der Waals surface area contributed by atoms with Crippen LogP contribution in [0.1, 0.15) is 12.8 Å². The molecule has 0 spiro atoms. The van der Waals surface area contributed by atoms with E-state index in [0.717, 1.165) is 11.3 Å². The van der Waals surface area contributed by atoms with E-state index in [1.54, 1.807) is 0 Å². The summed E-state index contributed by atoms with van der Waals surface area (Å²) in [6, 6.07) is -1.63. The molecular formula is C9H13F3N2O2. The number of rotatable bonds is 1. The third-order valence-corrected chi connectivity index (χ3v) is 2.87. The Morgan fingerprint density at radius 3 is 2.75 bits per heavy atom. The van der Waals surface area contributed by atoms with Crippen LogP contribution < -0.4 is 5.32 Å². The highest BCUT2D eigenvalue weighted by Gasteiger charge is 2.49. The Bertz CT molecular complexity index is 276. The molecule has 2 aliphatic rings.